The third-order valence-electron chi connectivity index (χ3n) is 4.13. The van der Waals surface area contributed by atoms with Crippen LogP contribution < -0.4 is 19.5 Å². The Bertz CT molecular complexity index is 687. The number of aliphatic hydroxyl groups excluding tert-OH is 1. The molecule has 1 atom stereocenters. The van der Waals surface area contributed by atoms with Crippen molar-refractivity contribution in [3.63, 3.8) is 0 Å². The Balaban J connectivity index is 2.53. The second-order valence-electron chi connectivity index (χ2n) is 6.14. The van der Waals surface area contributed by atoms with E-state index >= 15 is 0 Å². The average Bonchev–Trinajstić information content (AvgIpc) is 2.65. The van der Waals surface area contributed by atoms with Crippen LogP contribution in [0.4, 0.5) is 0 Å². The second kappa shape index (κ2) is 11.8. The Morgan fingerprint density at radius 3 is 2.48 bits per heavy atom. The molecule has 0 heterocycles. The van der Waals surface area contributed by atoms with Gasteiger partial charge in [-0.2, -0.15) is 0 Å². The number of methoxy groups -OCH3 is 2. The molecule has 3 N–H and O–H groups in total. The van der Waals surface area contributed by atoms with Crippen LogP contribution in [0.2, 0.25) is 0 Å². The first-order valence-corrected chi connectivity index (χ1v) is 10.5. The fourth-order valence-electron chi connectivity index (χ4n) is 2.65. The maximum absolute atomic E-state index is 12.4. The third kappa shape index (κ3) is 7.74. The van der Waals surface area contributed by atoms with Crippen molar-refractivity contribution in [3.05, 3.63) is 18.2 Å². The van der Waals surface area contributed by atoms with Gasteiger partial charge in [-0.05, 0) is 30.9 Å². The van der Waals surface area contributed by atoms with Gasteiger partial charge in [-0.3, -0.25) is 4.79 Å². The molecular formula is C18H30N2O6S. The van der Waals surface area contributed by atoms with Gasteiger partial charge in [0.25, 0.3) is 0 Å². The Morgan fingerprint density at radius 2 is 1.89 bits per heavy atom. The van der Waals surface area contributed by atoms with Crippen molar-refractivity contribution in [2.75, 3.05) is 33.9 Å². The molecule has 0 aromatic heterocycles. The van der Waals surface area contributed by atoms with Crippen LogP contribution in [0.1, 0.15) is 32.6 Å². The molecule has 1 rings (SSSR count). The van der Waals surface area contributed by atoms with Gasteiger partial charge in [-0.1, -0.05) is 13.3 Å². The molecule has 8 nitrogen and oxygen atoms in total. The van der Waals surface area contributed by atoms with E-state index in [2.05, 4.69) is 17.0 Å². The second-order valence-corrected chi connectivity index (χ2v) is 7.90. The average molecular weight is 403 g/mol. The minimum Gasteiger partial charge on any atom is -0.493 e. The van der Waals surface area contributed by atoms with E-state index in [1.54, 1.807) is 0 Å². The molecule has 0 saturated carbocycles. The van der Waals surface area contributed by atoms with Gasteiger partial charge < -0.3 is 19.9 Å². The number of hydrogen-bond acceptors (Lipinski definition) is 6. The number of hydrogen-bond donors (Lipinski definition) is 3. The largest absolute Gasteiger partial charge is 0.493 e. The molecule has 0 saturated heterocycles. The number of amides is 1. The summed E-state index contributed by atoms with van der Waals surface area (Å²) in [6.07, 6.45) is 2.57. The normalized spacial score (nSPS) is 12.4. The van der Waals surface area contributed by atoms with Crippen molar-refractivity contribution in [3.8, 4) is 11.5 Å². The predicted molar refractivity (Wildman–Crippen MR) is 102 cm³/mol. The summed E-state index contributed by atoms with van der Waals surface area (Å²) in [6, 6.07) is 4.29. The van der Waals surface area contributed by atoms with E-state index in [-0.39, 0.29) is 36.3 Å². The lowest BCUT2D eigenvalue weighted by Crippen LogP contribution is -2.33. The fraction of sp³-hybridized carbons (Fsp3) is 0.611. The van der Waals surface area contributed by atoms with Crippen LogP contribution in [0.25, 0.3) is 0 Å². The molecule has 1 aromatic carbocycles. The molecule has 0 radical (unpaired) electrons. The molecule has 1 amide bonds. The predicted octanol–water partition coefficient (Wildman–Crippen LogP) is 1.29. The van der Waals surface area contributed by atoms with Crippen LogP contribution in [-0.2, 0) is 14.8 Å². The maximum Gasteiger partial charge on any atom is 0.240 e. The van der Waals surface area contributed by atoms with Gasteiger partial charge in [-0.25, -0.2) is 13.1 Å². The zero-order chi connectivity index (χ0) is 20.3. The van der Waals surface area contributed by atoms with Crippen LogP contribution in [0.5, 0.6) is 11.5 Å². The van der Waals surface area contributed by atoms with Crippen molar-refractivity contribution in [2.24, 2.45) is 5.92 Å². The Kier molecular flexibility index (Phi) is 10.1. The molecule has 0 aliphatic rings. The summed E-state index contributed by atoms with van der Waals surface area (Å²) in [5.41, 5.74) is 0. The molecule has 0 unspecified atom stereocenters. The molecule has 27 heavy (non-hydrogen) atoms. The minimum absolute atomic E-state index is 0.0129. The Labute approximate surface area is 161 Å². The number of benzene rings is 1. The lowest BCUT2D eigenvalue weighted by atomic mass is 10.0. The standard InChI is InChI=1S/C18H30N2O6S/c1-4-5-14(9-11-21)13-19-18(22)8-10-20-27(23,24)15-6-7-16(25-2)17(12-15)26-3/h6-7,12,14,20-21H,4-5,8-11,13H2,1-3H3,(H,19,22)/t14-/m0/s1. The molecule has 154 valence electrons. The molecule has 0 fully saturated rings. The zero-order valence-corrected chi connectivity index (χ0v) is 17.0. The lowest BCUT2D eigenvalue weighted by molar-refractivity contribution is -0.121. The van der Waals surface area contributed by atoms with Gasteiger partial charge in [0.05, 0.1) is 19.1 Å². The first-order valence-electron chi connectivity index (χ1n) is 8.97. The van der Waals surface area contributed by atoms with Gasteiger partial charge in [0, 0.05) is 32.2 Å². The summed E-state index contributed by atoms with van der Waals surface area (Å²) in [6.45, 7) is 2.61. The van der Waals surface area contributed by atoms with E-state index in [9.17, 15) is 13.2 Å². The van der Waals surface area contributed by atoms with Crippen molar-refractivity contribution in [2.45, 2.75) is 37.5 Å². The molecular weight excluding hydrogens is 372 g/mol. The molecule has 1 aromatic rings. The highest BCUT2D eigenvalue weighted by Gasteiger charge is 2.17. The Hall–Kier alpha value is -1.84. The van der Waals surface area contributed by atoms with E-state index in [4.69, 9.17) is 14.6 Å². The number of ether oxygens (including phenoxy) is 2. The number of carbonyl (C=O) groups excluding carboxylic acids is 1. The molecule has 9 heteroatoms. The van der Waals surface area contributed by atoms with Crippen molar-refractivity contribution in [1.29, 1.82) is 0 Å². The van der Waals surface area contributed by atoms with Gasteiger partial charge >= 0.3 is 0 Å². The maximum atomic E-state index is 12.4. The van der Waals surface area contributed by atoms with Crippen LogP contribution >= 0.6 is 0 Å². The molecule has 0 aliphatic heterocycles. The van der Waals surface area contributed by atoms with Crippen LogP contribution in [0.15, 0.2) is 23.1 Å². The van der Waals surface area contributed by atoms with Gasteiger partial charge in [-0.15, -0.1) is 0 Å². The molecule has 0 aliphatic carbocycles. The molecule has 0 spiro atoms. The summed E-state index contributed by atoms with van der Waals surface area (Å²) in [7, 11) is -0.869. The topological polar surface area (TPSA) is 114 Å². The zero-order valence-electron chi connectivity index (χ0n) is 16.2. The SMILES string of the molecule is CCC[C@@H](CCO)CNC(=O)CCNS(=O)(=O)c1ccc(OC)c(OC)c1. The Morgan fingerprint density at radius 1 is 1.19 bits per heavy atom. The highest BCUT2D eigenvalue weighted by molar-refractivity contribution is 7.89. The first-order chi connectivity index (χ1) is 12.9. The third-order valence-corrected chi connectivity index (χ3v) is 5.59. The first kappa shape index (κ1) is 23.2. The smallest absolute Gasteiger partial charge is 0.240 e. The van der Waals surface area contributed by atoms with Crippen LogP contribution in [0.3, 0.4) is 0 Å². The van der Waals surface area contributed by atoms with Crippen LogP contribution in [-0.4, -0.2) is 53.3 Å². The van der Waals surface area contributed by atoms with Crippen molar-refractivity contribution in [1.82, 2.24) is 10.0 Å². The number of rotatable bonds is 13. The number of sulfonamides is 1. The summed E-state index contributed by atoms with van der Waals surface area (Å²) >= 11 is 0. The number of carbonyl (C=O) groups is 1. The highest BCUT2D eigenvalue weighted by atomic mass is 32.2. The van der Waals surface area contributed by atoms with E-state index in [1.807, 2.05) is 0 Å². The fourth-order valence-corrected chi connectivity index (χ4v) is 3.70. The highest BCUT2D eigenvalue weighted by Crippen LogP contribution is 2.29. The van der Waals surface area contributed by atoms with E-state index in [0.29, 0.717) is 24.5 Å². The van der Waals surface area contributed by atoms with Crippen molar-refractivity contribution < 1.29 is 27.8 Å². The summed E-state index contributed by atoms with van der Waals surface area (Å²) in [4.78, 5) is 12.0. The van der Waals surface area contributed by atoms with E-state index in [0.717, 1.165) is 12.8 Å². The quantitative estimate of drug-likeness (QED) is 0.458. The van der Waals surface area contributed by atoms with Gasteiger partial charge in [0.15, 0.2) is 11.5 Å². The minimum atomic E-state index is -3.76. The monoisotopic (exact) mass is 402 g/mol. The van der Waals surface area contributed by atoms with Crippen molar-refractivity contribution >= 4 is 15.9 Å². The molecule has 0 bridgehead atoms. The van der Waals surface area contributed by atoms with Gasteiger partial charge in [0.2, 0.25) is 15.9 Å². The summed E-state index contributed by atoms with van der Waals surface area (Å²) in [5.74, 6) is 0.737. The van der Waals surface area contributed by atoms with Crippen LogP contribution in [0, 0.1) is 5.92 Å². The lowest BCUT2D eigenvalue weighted by Gasteiger charge is -2.15. The van der Waals surface area contributed by atoms with Gasteiger partial charge in [0.1, 0.15) is 0 Å². The number of aliphatic hydroxyl groups is 1. The summed E-state index contributed by atoms with van der Waals surface area (Å²) in [5, 5.41) is 11.8. The summed E-state index contributed by atoms with van der Waals surface area (Å²) < 4.78 is 37.3. The van der Waals surface area contributed by atoms with E-state index in [1.165, 1.54) is 32.4 Å². The van der Waals surface area contributed by atoms with E-state index < -0.39 is 10.0 Å². The number of nitrogens with one attached hydrogen (secondary N) is 2.